The number of benzene rings is 1. The van der Waals surface area contributed by atoms with Crippen molar-refractivity contribution in [2.75, 3.05) is 0 Å². The Morgan fingerprint density at radius 3 is 2.23 bits per heavy atom. The fourth-order valence-corrected chi connectivity index (χ4v) is 3.59. The third-order valence-corrected chi connectivity index (χ3v) is 6.26. The average Bonchev–Trinajstić information content (AvgIpc) is 2.17. The van der Waals surface area contributed by atoms with E-state index in [0.29, 0.717) is 0 Å². The second-order valence-electron chi connectivity index (χ2n) is 2.99. The van der Waals surface area contributed by atoms with Gasteiger partial charge in [-0.25, -0.2) is 0 Å². The topological polar surface area (TPSA) is 0 Å². The number of aryl methyl sites for hydroxylation is 1. The van der Waals surface area contributed by atoms with Gasteiger partial charge in [-0.1, -0.05) is 35.7 Å². The van der Waals surface area contributed by atoms with Crippen molar-refractivity contribution in [2.24, 2.45) is 0 Å². The van der Waals surface area contributed by atoms with Crippen molar-refractivity contribution >= 4 is 23.6 Å². The van der Waals surface area contributed by atoms with Gasteiger partial charge in [0.15, 0.2) is 0 Å². The molecule has 0 aliphatic rings. The zero-order valence-corrected chi connectivity index (χ0v) is 9.51. The molecule has 2 heteroatoms. The Morgan fingerprint density at radius 1 is 1.23 bits per heavy atom. The van der Waals surface area contributed by atoms with Crippen molar-refractivity contribution in [1.82, 2.24) is 0 Å². The highest BCUT2D eigenvalue weighted by Crippen LogP contribution is 2.13. The third-order valence-electron chi connectivity index (χ3n) is 2.15. The molecule has 68 valence electrons. The first-order valence-electron chi connectivity index (χ1n) is 4.16. The summed E-state index contributed by atoms with van der Waals surface area (Å²) in [5.74, 6) is 0. The molecular weight excluding hydrogens is 196 g/mol. The Balaban J connectivity index is 3.27. The van der Waals surface area contributed by atoms with Crippen LogP contribution in [0.3, 0.4) is 0 Å². The van der Waals surface area contributed by atoms with Gasteiger partial charge in [0.25, 0.3) is 0 Å². The zero-order chi connectivity index (χ0) is 9.90. The molecule has 0 N–H and O–H groups in total. The van der Waals surface area contributed by atoms with E-state index in [1.165, 1.54) is 10.8 Å². The Labute approximate surface area is 85.3 Å². The minimum atomic E-state index is -2.12. The second kappa shape index (κ2) is 3.94. The van der Waals surface area contributed by atoms with Crippen LogP contribution in [-0.2, 0) is 0 Å². The maximum absolute atomic E-state index is 6.44. The van der Waals surface area contributed by atoms with E-state index in [1.54, 1.807) is 0 Å². The van der Waals surface area contributed by atoms with Gasteiger partial charge in [0.05, 0.1) is 0 Å². The van der Waals surface area contributed by atoms with Gasteiger partial charge < -0.3 is 0 Å². The highest BCUT2D eigenvalue weighted by Gasteiger charge is 2.26. The predicted molar refractivity (Wildman–Crippen MR) is 62.8 cm³/mol. The first-order valence-corrected chi connectivity index (χ1v) is 7.33. The molecule has 0 nitrogen and oxygen atoms in total. The molecule has 1 aromatic rings. The van der Waals surface area contributed by atoms with Crippen molar-refractivity contribution in [3.05, 3.63) is 54.4 Å². The third kappa shape index (κ3) is 1.93. The number of rotatable bonds is 3. The van der Waals surface area contributed by atoms with Gasteiger partial charge in [0.1, 0.15) is 0 Å². The molecule has 0 aromatic heterocycles. The van der Waals surface area contributed by atoms with Crippen LogP contribution >= 0.6 is 11.1 Å². The zero-order valence-electron chi connectivity index (χ0n) is 7.76. The standard InChI is InChI=1S/C11H13ClSi/c1-4-13(12,5-2)11-9-7-6-8-10(11)3/h4-9H,1-2H2,3H3. The lowest BCUT2D eigenvalue weighted by molar-refractivity contribution is 1.51. The summed E-state index contributed by atoms with van der Waals surface area (Å²) < 4.78 is 0. The summed E-state index contributed by atoms with van der Waals surface area (Å²) in [5.41, 5.74) is 4.89. The molecule has 0 saturated carbocycles. The Bertz CT molecular complexity index is 323. The molecule has 0 bridgehead atoms. The maximum atomic E-state index is 6.44. The van der Waals surface area contributed by atoms with E-state index in [4.69, 9.17) is 11.1 Å². The molecule has 0 atom stereocenters. The predicted octanol–water partition coefficient (Wildman–Crippen LogP) is 2.84. The maximum Gasteiger partial charge on any atom is 0.232 e. The lowest BCUT2D eigenvalue weighted by Crippen LogP contribution is -2.40. The van der Waals surface area contributed by atoms with Gasteiger partial charge in [0, 0.05) is 0 Å². The molecule has 0 amide bonds. The summed E-state index contributed by atoms with van der Waals surface area (Å²) in [4.78, 5) is 0. The highest BCUT2D eigenvalue weighted by atomic mass is 35.6. The van der Waals surface area contributed by atoms with Crippen molar-refractivity contribution in [1.29, 1.82) is 0 Å². The molecular formula is C11H13ClSi. The molecule has 13 heavy (non-hydrogen) atoms. The van der Waals surface area contributed by atoms with Crippen LogP contribution in [0.5, 0.6) is 0 Å². The van der Waals surface area contributed by atoms with E-state index >= 15 is 0 Å². The van der Waals surface area contributed by atoms with E-state index in [2.05, 4.69) is 32.2 Å². The lowest BCUT2D eigenvalue weighted by atomic mass is 10.2. The summed E-state index contributed by atoms with van der Waals surface area (Å²) in [6.45, 7) is 9.62. The molecule has 1 aromatic carbocycles. The smallest absolute Gasteiger partial charge is 0.150 e. The fourth-order valence-electron chi connectivity index (χ4n) is 1.31. The molecule has 0 unspecified atom stereocenters. The molecule has 0 radical (unpaired) electrons. The van der Waals surface area contributed by atoms with Crippen LogP contribution in [0.15, 0.2) is 48.8 Å². The largest absolute Gasteiger partial charge is 0.232 e. The quantitative estimate of drug-likeness (QED) is 0.530. The van der Waals surface area contributed by atoms with Crippen molar-refractivity contribution < 1.29 is 0 Å². The number of halogens is 1. The minimum absolute atomic E-state index is 1.18. The summed E-state index contributed by atoms with van der Waals surface area (Å²) in [7, 11) is -2.12. The van der Waals surface area contributed by atoms with Crippen LogP contribution in [0.4, 0.5) is 0 Å². The van der Waals surface area contributed by atoms with Gasteiger partial charge in [-0.2, -0.15) is 0 Å². The van der Waals surface area contributed by atoms with E-state index in [0.717, 1.165) is 0 Å². The monoisotopic (exact) mass is 208 g/mol. The SMILES string of the molecule is C=C[Si](Cl)(C=C)c1ccccc1C. The summed E-state index contributed by atoms with van der Waals surface area (Å²) in [5, 5.41) is 1.18. The molecule has 0 heterocycles. The Morgan fingerprint density at radius 2 is 1.77 bits per heavy atom. The van der Waals surface area contributed by atoms with Crippen LogP contribution < -0.4 is 5.19 Å². The van der Waals surface area contributed by atoms with Gasteiger partial charge in [-0.15, -0.1) is 24.2 Å². The second-order valence-corrected chi connectivity index (χ2v) is 7.76. The first-order chi connectivity index (χ1) is 6.14. The van der Waals surface area contributed by atoms with Crippen molar-refractivity contribution in [2.45, 2.75) is 6.92 Å². The van der Waals surface area contributed by atoms with Crippen LogP contribution in [0, 0.1) is 6.92 Å². The van der Waals surface area contributed by atoms with E-state index in [-0.39, 0.29) is 0 Å². The lowest BCUT2D eigenvalue weighted by Gasteiger charge is -2.17. The molecule has 0 saturated heterocycles. The average molecular weight is 209 g/mol. The first kappa shape index (κ1) is 10.3. The van der Waals surface area contributed by atoms with E-state index in [9.17, 15) is 0 Å². The molecule has 0 fully saturated rings. The summed E-state index contributed by atoms with van der Waals surface area (Å²) >= 11 is 6.44. The van der Waals surface area contributed by atoms with Crippen LogP contribution in [0.2, 0.25) is 0 Å². The molecule has 0 spiro atoms. The van der Waals surface area contributed by atoms with Gasteiger partial charge >= 0.3 is 0 Å². The molecule has 0 aliphatic heterocycles. The molecule has 0 aliphatic carbocycles. The van der Waals surface area contributed by atoms with E-state index < -0.39 is 7.38 Å². The number of hydrogen-bond acceptors (Lipinski definition) is 0. The van der Waals surface area contributed by atoms with Crippen LogP contribution in [0.1, 0.15) is 5.56 Å². The molecule has 1 rings (SSSR count). The van der Waals surface area contributed by atoms with Crippen molar-refractivity contribution in [3.8, 4) is 0 Å². The van der Waals surface area contributed by atoms with Crippen molar-refractivity contribution in [3.63, 3.8) is 0 Å². The van der Waals surface area contributed by atoms with Crippen LogP contribution in [0.25, 0.3) is 0 Å². The fraction of sp³-hybridized carbons (Fsp3) is 0.0909. The van der Waals surface area contributed by atoms with Gasteiger partial charge in [0.2, 0.25) is 7.38 Å². The summed E-state index contributed by atoms with van der Waals surface area (Å²) in [6, 6.07) is 8.13. The van der Waals surface area contributed by atoms with Crippen LogP contribution in [-0.4, -0.2) is 7.38 Å². The minimum Gasteiger partial charge on any atom is -0.150 e. The number of hydrogen-bond donors (Lipinski definition) is 0. The van der Waals surface area contributed by atoms with Gasteiger partial charge in [-0.3, -0.25) is 0 Å². The normalized spacial score (nSPS) is 10.9. The Kier molecular flexibility index (Phi) is 3.12. The summed E-state index contributed by atoms with van der Waals surface area (Å²) in [6.07, 6.45) is 0. The van der Waals surface area contributed by atoms with E-state index in [1.807, 2.05) is 23.5 Å². The highest BCUT2D eigenvalue weighted by molar-refractivity contribution is 7.32. The Hall–Kier alpha value is -0.793. The van der Waals surface area contributed by atoms with Gasteiger partial charge in [-0.05, 0) is 17.7 Å².